The van der Waals surface area contributed by atoms with E-state index in [0.29, 0.717) is 5.92 Å². The fourth-order valence-corrected chi connectivity index (χ4v) is 1.45. The maximum absolute atomic E-state index is 5.62. The van der Waals surface area contributed by atoms with Gasteiger partial charge in [0.1, 0.15) is 5.76 Å². The fraction of sp³-hybridized carbons (Fsp3) is 0.750. The van der Waals surface area contributed by atoms with E-state index in [4.69, 9.17) is 9.15 Å². The summed E-state index contributed by atoms with van der Waals surface area (Å²) in [7, 11) is 1.70. The minimum Gasteiger partial charge on any atom is -0.446 e. The predicted molar refractivity (Wildman–Crippen MR) is 63.5 cm³/mol. The minimum absolute atomic E-state index is 0.612. The fourth-order valence-electron chi connectivity index (χ4n) is 1.45. The molecule has 0 aliphatic rings. The molecular weight excluding hydrogens is 204 g/mol. The monoisotopic (exact) mass is 226 g/mol. The molecule has 1 N–H and O–H groups in total. The van der Waals surface area contributed by atoms with Gasteiger partial charge in [-0.15, -0.1) is 0 Å². The molecule has 1 aromatic heterocycles. The summed E-state index contributed by atoms with van der Waals surface area (Å²) in [5, 5.41) is 3.26. The van der Waals surface area contributed by atoms with Crippen molar-refractivity contribution in [2.45, 2.75) is 26.7 Å². The standard InChI is InChI=1S/C12H22N2O2/c1-10(2)8-11-9-14-12(16-11)4-5-13-6-7-15-3/h9-10,13H,4-8H2,1-3H3. The van der Waals surface area contributed by atoms with Crippen LogP contribution >= 0.6 is 0 Å². The van der Waals surface area contributed by atoms with Crippen LogP contribution in [-0.2, 0) is 17.6 Å². The molecule has 0 unspecified atom stereocenters. The molecule has 0 spiro atoms. The minimum atomic E-state index is 0.612. The summed E-state index contributed by atoms with van der Waals surface area (Å²) in [6.07, 6.45) is 3.64. The van der Waals surface area contributed by atoms with Gasteiger partial charge in [-0.25, -0.2) is 4.98 Å². The first-order chi connectivity index (χ1) is 7.72. The molecule has 92 valence electrons. The Morgan fingerprint density at radius 3 is 2.94 bits per heavy atom. The molecule has 4 nitrogen and oxygen atoms in total. The number of ether oxygens (including phenoxy) is 1. The van der Waals surface area contributed by atoms with Crippen molar-refractivity contribution >= 4 is 0 Å². The summed E-state index contributed by atoms with van der Waals surface area (Å²) in [5.41, 5.74) is 0. The normalized spacial score (nSPS) is 11.2. The third-order valence-electron chi connectivity index (χ3n) is 2.21. The largest absolute Gasteiger partial charge is 0.446 e. The summed E-state index contributed by atoms with van der Waals surface area (Å²) in [6, 6.07) is 0. The molecule has 1 rings (SSSR count). The number of nitrogens with one attached hydrogen (secondary N) is 1. The van der Waals surface area contributed by atoms with Gasteiger partial charge in [0.2, 0.25) is 0 Å². The van der Waals surface area contributed by atoms with E-state index in [1.807, 2.05) is 6.20 Å². The van der Waals surface area contributed by atoms with E-state index in [-0.39, 0.29) is 0 Å². The Morgan fingerprint density at radius 2 is 2.25 bits per heavy atom. The van der Waals surface area contributed by atoms with Crippen molar-refractivity contribution in [2.24, 2.45) is 5.92 Å². The van der Waals surface area contributed by atoms with E-state index in [0.717, 1.165) is 44.2 Å². The molecule has 16 heavy (non-hydrogen) atoms. The Bertz CT molecular complexity index is 284. The highest BCUT2D eigenvalue weighted by Gasteiger charge is 2.05. The second kappa shape index (κ2) is 7.41. The van der Waals surface area contributed by atoms with Crippen molar-refractivity contribution in [1.29, 1.82) is 0 Å². The number of nitrogens with zero attached hydrogens (tertiary/aromatic N) is 1. The SMILES string of the molecule is COCCNCCc1ncc(CC(C)C)o1. The van der Waals surface area contributed by atoms with Crippen LogP contribution in [0.3, 0.4) is 0 Å². The van der Waals surface area contributed by atoms with Gasteiger partial charge in [-0.1, -0.05) is 13.8 Å². The van der Waals surface area contributed by atoms with Crippen LogP contribution in [0.25, 0.3) is 0 Å². The molecule has 0 saturated heterocycles. The molecular formula is C12H22N2O2. The van der Waals surface area contributed by atoms with Crippen LogP contribution in [0.15, 0.2) is 10.6 Å². The lowest BCUT2D eigenvalue weighted by molar-refractivity contribution is 0.199. The zero-order valence-corrected chi connectivity index (χ0v) is 10.5. The van der Waals surface area contributed by atoms with Gasteiger partial charge in [-0.2, -0.15) is 0 Å². The number of oxazole rings is 1. The van der Waals surface area contributed by atoms with E-state index in [1.165, 1.54) is 0 Å². The molecule has 1 aromatic rings. The second-order valence-corrected chi connectivity index (χ2v) is 4.31. The number of hydrogen-bond donors (Lipinski definition) is 1. The Labute approximate surface area is 97.4 Å². The number of rotatable bonds is 8. The number of aromatic nitrogens is 1. The van der Waals surface area contributed by atoms with Gasteiger partial charge in [-0.05, 0) is 5.92 Å². The van der Waals surface area contributed by atoms with Crippen LogP contribution in [-0.4, -0.2) is 31.8 Å². The molecule has 0 aliphatic carbocycles. The second-order valence-electron chi connectivity index (χ2n) is 4.31. The zero-order chi connectivity index (χ0) is 11.8. The molecule has 0 atom stereocenters. The third-order valence-corrected chi connectivity index (χ3v) is 2.21. The third kappa shape index (κ3) is 5.28. The van der Waals surface area contributed by atoms with Crippen LogP contribution < -0.4 is 5.32 Å². The van der Waals surface area contributed by atoms with Crippen molar-refractivity contribution < 1.29 is 9.15 Å². The lowest BCUT2D eigenvalue weighted by Gasteiger charge is -2.01. The number of hydrogen-bond acceptors (Lipinski definition) is 4. The molecule has 4 heteroatoms. The smallest absolute Gasteiger partial charge is 0.195 e. The highest BCUT2D eigenvalue weighted by Crippen LogP contribution is 2.09. The maximum Gasteiger partial charge on any atom is 0.195 e. The highest BCUT2D eigenvalue weighted by atomic mass is 16.5. The van der Waals surface area contributed by atoms with Crippen molar-refractivity contribution in [1.82, 2.24) is 10.3 Å². The summed E-state index contributed by atoms with van der Waals surface area (Å²) >= 11 is 0. The van der Waals surface area contributed by atoms with Gasteiger partial charge in [0, 0.05) is 33.0 Å². The topological polar surface area (TPSA) is 47.3 Å². The van der Waals surface area contributed by atoms with Gasteiger partial charge in [0.15, 0.2) is 5.89 Å². The molecule has 0 aromatic carbocycles. The Balaban J connectivity index is 2.19. The first-order valence-corrected chi connectivity index (χ1v) is 5.85. The van der Waals surface area contributed by atoms with Crippen molar-refractivity contribution in [3.8, 4) is 0 Å². The van der Waals surface area contributed by atoms with Crippen molar-refractivity contribution in [2.75, 3.05) is 26.8 Å². The van der Waals surface area contributed by atoms with Gasteiger partial charge in [-0.3, -0.25) is 0 Å². The summed E-state index contributed by atoms with van der Waals surface area (Å²) in [5.74, 6) is 2.42. The van der Waals surface area contributed by atoms with Gasteiger partial charge in [0.05, 0.1) is 12.8 Å². The molecule has 0 radical (unpaired) electrons. The van der Waals surface area contributed by atoms with Gasteiger partial charge < -0.3 is 14.5 Å². The average molecular weight is 226 g/mol. The Morgan fingerprint density at radius 1 is 1.44 bits per heavy atom. The summed E-state index contributed by atoms with van der Waals surface area (Å²) in [6.45, 7) is 6.84. The Kier molecular flexibility index (Phi) is 6.11. The quantitative estimate of drug-likeness (QED) is 0.685. The van der Waals surface area contributed by atoms with Crippen LogP contribution in [0, 0.1) is 5.92 Å². The molecule has 0 amide bonds. The molecule has 0 aliphatic heterocycles. The van der Waals surface area contributed by atoms with Gasteiger partial charge >= 0.3 is 0 Å². The van der Waals surface area contributed by atoms with E-state index < -0.39 is 0 Å². The molecule has 0 saturated carbocycles. The van der Waals surface area contributed by atoms with E-state index >= 15 is 0 Å². The lowest BCUT2D eigenvalue weighted by Crippen LogP contribution is -2.21. The van der Waals surface area contributed by atoms with E-state index in [2.05, 4.69) is 24.1 Å². The first kappa shape index (κ1) is 13.2. The molecule has 0 fully saturated rings. The number of methoxy groups -OCH3 is 1. The molecule has 0 bridgehead atoms. The van der Waals surface area contributed by atoms with Crippen LogP contribution in [0.5, 0.6) is 0 Å². The van der Waals surface area contributed by atoms with Crippen molar-refractivity contribution in [3.63, 3.8) is 0 Å². The lowest BCUT2D eigenvalue weighted by atomic mass is 10.1. The molecule has 1 heterocycles. The maximum atomic E-state index is 5.62. The van der Waals surface area contributed by atoms with Crippen LogP contribution in [0.2, 0.25) is 0 Å². The van der Waals surface area contributed by atoms with Crippen LogP contribution in [0.1, 0.15) is 25.5 Å². The van der Waals surface area contributed by atoms with E-state index in [1.54, 1.807) is 7.11 Å². The van der Waals surface area contributed by atoms with Crippen molar-refractivity contribution in [3.05, 3.63) is 17.8 Å². The van der Waals surface area contributed by atoms with Gasteiger partial charge in [0.25, 0.3) is 0 Å². The first-order valence-electron chi connectivity index (χ1n) is 5.85. The predicted octanol–water partition coefficient (Wildman–Crippen LogP) is 1.65. The summed E-state index contributed by atoms with van der Waals surface area (Å²) < 4.78 is 10.6. The van der Waals surface area contributed by atoms with Crippen LogP contribution in [0.4, 0.5) is 0 Å². The van der Waals surface area contributed by atoms with E-state index in [9.17, 15) is 0 Å². The average Bonchev–Trinajstić information content (AvgIpc) is 2.64. The Hall–Kier alpha value is -0.870. The highest BCUT2D eigenvalue weighted by molar-refractivity contribution is 4.95. The zero-order valence-electron chi connectivity index (χ0n) is 10.5. The summed E-state index contributed by atoms with van der Waals surface area (Å²) in [4.78, 5) is 4.25.